The fraction of sp³-hybridized carbons (Fsp3) is 0.417. The molecule has 0 unspecified atom stereocenters. The van der Waals surface area contributed by atoms with Gasteiger partial charge in [-0.25, -0.2) is 4.98 Å². The van der Waals surface area contributed by atoms with Crippen molar-refractivity contribution in [2.75, 3.05) is 13.1 Å². The molecular weight excluding hydrogens is 444 g/mol. The molecule has 1 saturated carbocycles. The number of aliphatic carboxylic acids is 1. The summed E-state index contributed by atoms with van der Waals surface area (Å²) in [6.07, 6.45) is 4.60. The number of rotatable bonds is 5. The third kappa shape index (κ3) is 4.53. The number of carbonyl (C=O) groups is 2. The monoisotopic (exact) mass is 468 g/mol. The minimum atomic E-state index is -0.739. The van der Waals surface area contributed by atoms with Gasteiger partial charge in [0.1, 0.15) is 6.10 Å². The van der Waals surface area contributed by atoms with Crippen LogP contribution in [0.15, 0.2) is 30.3 Å². The number of ether oxygens (including phenoxy) is 1. The average Bonchev–Trinajstić information content (AvgIpc) is 3.48. The first-order valence-electron chi connectivity index (χ1n) is 11.3. The fourth-order valence-corrected chi connectivity index (χ4v) is 4.87. The number of carbonyl (C=O) groups excluding carboxylic acids is 1. The number of carboxylic acids is 1. The van der Waals surface area contributed by atoms with Gasteiger partial charge >= 0.3 is 5.97 Å². The molecule has 2 N–H and O–H groups in total. The molecule has 1 aliphatic carbocycles. The number of amides is 1. The van der Waals surface area contributed by atoms with Crippen LogP contribution in [0.4, 0.5) is 0 Å². The molecule has 2 aliphatic rings. The Labute approximate surface area is 195 Å². The van der Waals surface area contributed by atoms with Gasteiger partial charge in [0.05, 0.1) is 22.2 Å². The molecule has 5 rings (SSSR count). The number of nitrogens with one attached hydrogen (secondary N) is 1. The lowest BCUT2D eigenvalue weighted by molar-refractivity contribution is -0.143. The SMILES string of the molecule is O=C(O)C1CCC(Oc2nc3nc(-c4ccc(C(=O)N5CCCC5)cc4)c(Cl)cc3[nH]2)CC1. The van der Waals surface area contributed by atoms with E-state index in [1.165, 1.54) is 0 Å². The summed E-state index contributed by atoms with van der Waals surface area (Å²) in [5, 5.41) is 9.62. The summed E-state index contributed by atoms with van der Waals surface area (Å²) in [6, 6.07) is 9.46. The topological polar surface area (TPSA) is 108 Å². The Hall–Kier alpha value is -3.13. The number of benzene rings is 1. The molecule has 3 aromatic rings. The first kappa shape index (κ1) is 21.7. The highest BCUT2D eigenvalue weighted by atomic mass is 35.5. The first-order valence-corrected chi connectivity index (χ1v) is 11.7. The van der Waals surface area contributed by atoms with Crippen LogP contribution in [-0.2, 0) is 4.79 Å². The van der Waals surface area contributed by atoms with E-state index in [-0.39, 0.29) is 17.9 Å². The quantitative estimate of drug-likeness (QED) is 0.569. The second-order valence-corrected chi connectivity index (χ2v) is 9.15. The number of halogens is 1. The lowest BCUT2D eigenvalue weighted by Crippen LogP contribution is -2.28. The number of aromatic nitrogens is 3. The molecule has 2 aromatic heterocycles. The Morgan fingerprint density at radius 3 is 2.42 bits per heavy atom. The number of imidazole rings is 1. The Kier molecular flexibility index (Phi) is 5.93. The normalized spacial score (nSPS) is 20.8. The Morgan fingerprint density at radius 2 is 1.76 bits per heavy atom. The zero-order chi connectivity index (χ0) is 22.9. The van der Waals surface area contributed by atoms with E-state index in [0.717, 1.165) is 31.5 Å². The highest BCUT2D eigenvalue weighted by molar-refractivity contribution is 6.33. The molecule has 0 spiro atoms. The number of likely N-dealkylation sites (tertiary alicyclic amines) is 1. The smallest absolute Gasteiger partial charge is 0.306 e. The summed E-state index contributed by atoms with van der Waals surface area (Å²) in [5.41, 5.74) is 3.20. The van der Waals surface area contributed by atoms with Crippen molar-refractivity contribution in [3.05, 3.63) is 40.9 Å². The van der Waals surface area contributed by atoms with Crippen molar-refractivity contribution in [2.24, 2.45) is 5.92 Å². The molecule has 0 atom stereocenters. The van der Waals surface area contributed by atoms with Crippen LogP contribution in [0, 0.1) is 5.92 Å². The number of carboxylic acid groups (broad SMARTS) is 1. The summed E-state index contributed by atoms with van der Waals surface area (Å²) in [4.78, 5) is 37.8. The lowest BCUT2D eigenvalue weighted by atomic mass is 9.87. The van der Waals surface area contributed by atoms with Gasteiger partial charge < -0.3 is 19.7 Å². The zero-order valence-corrected chi connectivity index (χ0v) is 18.8. The molecule has 1 aliphatic heterocycles. The van der Waals surface area contributed by atoms with Crippen LogP contribution in [-0.4, -0.2) is 56.0 Å². The van der Waals surface area contributed by atoms with Gasteiger partial charge in [-0.1, -0.05) is 23.7 Å². The lowest BCUT2D eigenvalue weighted by Gasteiger charge is -2.25. The van der Waals surface area contributed by atoms with Gasteiger partial charge in [-0.15, -0.1) is 0 Å². The second-order valence-electron chi connectivity index (χ2n) is 8.74. The summed E-state index contributed by atoms with van der Waals surface area (Å²) in [7, 11) is 0. The number of hydrogen-bond donors (Lipinski definition) is 2. The van der Waals surface area contributed by atoms with Crippen molar-refractivity contribution in [3.8, 4) is 17.3 Å². The van der Waals surface area contributed by atoms with E-state index in [0.29, 0.717) is 59.1 Å². The maximum Gasteiger partial charge on any atom is 0.306 e. The minimum absolute atomic E-state index is 0.0556. The van der Waals surface area contributed by atoms with E-state index in [1.54, 1.807) is 6.07 Å². The minimum Gasteiger partial charge on any atom is -0.481 e. The summed E-state index contributed by atoms with van der Waals surface area (Å²) >= 11 is 6.51. The Bertz CT molecular complexity index is 1180. The number of H-pyrrole nitrogens is 1. The van der Waals surface area contributed by atoms with Gasteiger partial charge in [0.15, 0.2) is 5.65 Å². The maximum atomic E-state index is 12.6. The maximum absolute atomic E-state index is 12.6. The molecule has 9 heteroatoms. The van der Waals surface area contributed by atoms with Crippen LogP contribution in [0.25, 0.3) is 22.4 Å². The number of nitrogens with zero attached hydrogens (tertiary/aromatic N) is 3. The van der Waals surface area contributed by atoms with Crippen LogP contribution in [0.3, 0.4) is 0 Å². The van der Waals surface area contributed by atoms with E-state index in [4.69, 9.17) is 21.4 Å². The van der Waals surface area contributed by atoms with Crippen molar-refractivity contribution in [1.29, 1.82) is 0 Å². The highest BCUT2D eigenvalue weighted by Gasteiger charge is 2.27. The van der Waals surface area contributed by atoms with Gasteiger partial charge in [-0.2, -0.15) is 4.98 Å². The summed E-state index contributed by atoms with van der Waals surface area (Å²) in [6.45, 7) is 1.63. The van der Waals surface area contributed by atoms with E-state index in [9.17, 15) is 9.59 Å². The Balaban J connectivity index is 1.32. The second kappa shape index (κ2) is 9.02. The van der Waals surface area contributed by atoms with Crippen molar-refractivity contribution in [3.63, 3.8) is 0 Å². The number of fused-ring (bicyclic) bond motifs is 1. The van der Waals surface area contributed by atoms with Gasteiger partial charge in [0.25, 0.3) is 11.9 Å². The molecule has 1 aromatic carbocycles. The largest absolute Gasteiger partial charge is 0.481 e. The predicted molar refractivity (Wildman–Crippen MR) is 123 cm³/mol. The van der Waals surface area contributed by atoms with Gasteiger partial charge in [-0.05, 0) is 56.7 Å². The number of pyridine rings is 1. The molecule has 1 amide bonds. The number of aromatic amines is 1. The molecule has 8 nitrogen and oxygen atoms in total. The molecule has 172 valence electrons. The molecule has 1 saturated heterocycles. The standard InChI is InChI=1S/C24H25ClN4O4/c25-18-13-19-21(28-24(26-19)33-17-9-7-16(8-10-17)23(31)32)27-20(18)14-3-5-15(6-4-14)22(30)29-11-1-2-12-29/h3-6,13,16-17H,1-2,7-12H2,(H,31,32)(H,26,27,28). The zero-order valence-electron chi connectivity index (χ0n) is 18.1. The van der Waals surface area contributed by atoms with Crippen LogP contribution < -0.4 is 4.74 Å². The van der Waals surface area contributed by atoms with Crippen molar-refractivity contribution in [1.82, 2.24) is 19.9 Å². The van der Waals surface area contributed by atoms with Gasteiger partial charge in [0, 0.05) is 24.2 Å². The molecule has 3 heterocycles. The van der Waals surface area contributed by atoms with Crippen LogP contribution >= 0.6 is 11.6 Å². The van der Waals surface area contributed by atoms with E-state index >= 15 is 0 Å². The van der Waals surface area contributed by atoms with Gasteiger partial charge in [0.2, 0.25) is 0 Å². The summed E-state index contributed by atoms with van der Waals surface area (Å²) < 4.78 is 5.96. The van der Waals surface area contributed by atoms with Crippen molar-refractivity contribution >= 4 is 34.6 Å². The third-order valence-corrected chi connectivity index (χ3v) is 6.79. The molecular formula is C24H25ClN4O4. The molecule has 33 heavy (non-hydrogen) atoms. The van der Waals surface area contributed by atoms with Crippen molar-refractivity contribution < 1.29 is 19.4 Å². The van der Waals surface area contributed by atoms with Crippen LogP contribution in [0.2, 0.25) is 5.02 Å². The summed E-state index contributed by atoms with van der Waals surface area (Å²) in [5.74, 6) is -0.974. The first-order chi connectivity index (χ1) is 16.0. The van der Waals surface area contributed by atoms with Crippen molar-refractivity contribution in [2.45, 2.75) is 44.6 Å². The highest BCUT2D eigenvalue weighted by Crippen LogP contribution is 2.31. The molecule has 2 fully saturated rings. The number of hydrogen-bond acceptors (Lipinski definition) is 5. The fourth-order valence-electron chi connectivity index (χ4n) is 4.61. The Morgan fingerprint density at radius 1 is 1.06 bits per heavy atom. The van der Waals surface area contributed by atoms with E-state index in [2.05, 4.69) is 15.0 Å². The third-order valence-electron chi connectivity index (χ3n) is 6.51. The van der Waals surface area contributed by atoms with Gasteiger partial charge in [-0.3, -0.25) is 9.59 Å². The van der Waals surface area contributed by atoms with Crippen LogP contribution in [0.5, 0.6) is 6.01 Å². The van der Waals surface area contributed by atoms with Crippen LogP contribution in [0.1, 0.15) is 48.9 Å². The van der Waals surface area contributed by atoms with E-state index < -0.39 is 5.97 Å². The van der Waals surface area contributed by atoms with E-state index in [1.807, 2.05) is 29.2 Å². The molecule has 0 radical (unpaired) electrons. The predicted octanol–water partition coefficient (Wildman–Crippen LogP) is 4.54. The molecule has 0 bridgehead atoms. The average molecular weight is 469 g/mol.